The van der Waals surface area contributed by atoms with E-state index < -0.39 is 0 Å². The summed E-state index contributed by atoms with van der Waals surface area (Å²) >= 11 is 0. The molecule has 1 aromatic rings. The summed E-state index contributed by atoms with van der Waals surface area (Å²) in [6, 6.07) is 6.90. The molecule has 3 rings (SSSR count). The Kier molecular flexibility index (Phi) is 8.36. The third-order valence-corrected chi connectivity index (χ3v) is 7.18. The zero-order chi connectivity index (χ0) is 19.8. The molecular formula is C25H38FNO. The lowest BCUT2D eigenvalue weighted by Gasteiger charge is -2.35. The van der Waals surface area contributed by atoms with Gasteiger partial charge in [-0.1, -0.05) is 44.7 Å². The Balaban J connectivity index is 1.38. The van der Waals surface area contributed by atoms with Crippen molar-refractivity contribution < 1.29 is 9.18 Å². The van der Waals surface area contributed by atoms with Crippen LogP contribution in [0.5, 0.6) is 0 Å². The van der Waals surface area contributed by atoms with Gasteiger partial charge in [0.15, 0.2) is 0 Å². The van der Waals surface area contributed by atoms with Crippen LogP contribution in [0.2, 0.25) is 0 Å². The Hall–Kier alpha value is -1.38. The van der Waals surface area contributed by atoms with Gasteiger partial charge in [-0.05, 0) is 80.9 Å². The molecule has 28 heavy (non-hydrogen) atoms. The molecule has 156 valence electrons. The fourth-order valence-electron chi connectivity index (χ4n) is 5.15. The summed E-state index contributed by atoms with van der Waals surface area (Å²) in [7, 11) is 0. The Morgan fingerprint density at radius 1 is 0.964 bits per heavy atom. The topological polar surface area (TPSA) is 20.3 Å². The van der Waals surface area contributed by atoms with Crippen LogP contribution in [-0.4, -0.2) is 23.9 Å². The number of likely N-dealkylation sites (tertiary alicyclic amines) is 1. The van der Waals surface area contributed by atoms with Crippen LogP contribution in [0.15, 0.2) is 24.3 Å². The van der Waals surface area contributed by atoms with Crippen LogP contribution in [0.4, 0.5) is 4.39 Å². The molecule has 1 aliphatic carbocycles. The number of hydrogen-bond acceptors (Lipinski definition) is 1. The monoisotopic (exact) mass is 387 g/mol. The molecule has 1 saturated heterocycles. The van der Waals surface area contributed by atoms with E-state index in [1.807, 2.05) is 12.1 Å². The van der Waals surface area contributed by atoms with Gasteiger partial charge < -0.3 is 4.90 Å². The van der Waals surface area contributed by atoms with Gasteiger partial charge in [-0.3, -0.25) is 4.79 Å². The number of carbonyl (C=O) groups is 1. The minimum Gasteiger partial charge on any atom is -0.342 e. The second kappa shape index (κ2) is 11.0. The van der Waals surface area contributed by atoms with Gasteiger partial charge in [0.05, 0.1) is 0 Å². The smallest absolute Gasteiger partial charge is 0.225 e. The van der Waals surface area contributed by atoms with Gasteiger partial charge in [-0.15, -0.1) is 0 Å². The van der Waals surface area contributed by atoms with E-state index in [1.165, 1.54) is 44.1 Å². The van der Waals surface area contributed by atoms with Crippen molar-refractivity contribution in [2.75, 3.05) is 13.1 Å². The predicted molar refractivity (Wildman–Crippen MR) is 114 cm³/mol. The van der Waals surface area contributed by atoms with E-state index in [1.54, 1.807) is 12.1 Å². The largest absolute Gasteiger partial charge is 0.342 e. The molecule has 0 N–H and O–H groups in total. The summed E-state index contributed by atoms with van der Waals surface area (Å²) in [6.07, 6.45) is 14.3. The first-order valence-electron chi connectivity index (χ1n) is 11.7. The van der Waals surface area contributed by atoms with Gasteiger partial charge in [-0.2, -0.15) is 0 Å². The highest BCUT2D eigenvalue weighted by Gasteiger charge is 2.29. The summed E-state index contributed by atoms with van der Waals surface area (Å²) in [5, 5.41) is 0. The normalized spacial score (nSPS) is 24.6. The Morgan fingerprint density at radius 3 is 2.39 bits per heavy atom. The van der Waals surface area contributed by atoms with E-state index in [2.05, 4.69) is 11.8 Å². The van der Waals surface area contributed by atoms with Crippen LogP contribution in [0.1, 0.15) is 83.1 Å². The maximum atomic E-state index is 13.0. The van der Waals surface area contributed by atoms with Gasteiger partial charge >= 0.3 is 0 Å². The Morgan fingerprint density at radius 2 is 1.68 bits per heavy atom. The third-order valence-electron chi connectivity index (χ3n) is 7.18. The van der Waals surface area contributed by atoms with Crippen LogP contribution in [0.3, 0.4) is 0 Å². The van der Waals surface area contributed by atoms with E-state index in [0.717, 1.165) is 63.5 Å². The number of piperidine rings is 1. The van der Waals surface area contributed by atoms with Crippen LogP contribution < -0.4 is 0 Å². The first-order valence-corrected chi connectivity index (χ1v) is 11.7. The number of halogens is 1. The minimum atomic E-state index is -0.157. The molecule has 0 bridgehead atoms. The molecule has 1 heterocycles. The molecule has 0 radical (unpaired) electrons. The first-order chi connectivity index (χ1) is 13.7. The molecule has 0 spiro atoms. The lowest BCUT2D eigenvalue weighted by molar-refractivity contribution is -0.137. The van der Waals surface area contributed by atoms with E-state index >= 15 is 0 Å². The zero-order valence-corrected chi connectivity index (χ0v) is 17.7. The maximum absolute atomic E-state index is 13.0. The molecule has 1 aliphatic heterocycles. The molecule has 2 aliphatic rings. The number of nitrogens with zero attached hydrogens (tertiary/aromatic N) is 1. The second-order valence-corrected chi connectivity index (χ2v) is 9.12. The van der Waals surface area contributed by atoms with Crippen molar-refractivity contribution in [3.63, 3.8) is 0 Å². The fourth-order valence-corrected chi connectivity index (χ4v) is 5.15. The highest BCUT2D eigenvalue weighted by atomic mass is 19.1. The van der Waals surface area contributed by atoms with Gasteiger partial charge in [0.1, 0.15) is 5.82 Å². The third kappa shape index (κ3) is 6.32. The van der Waals surface area contributed by atoms with Crippen molar-refractivity contribution in [3.05, 3.63) is 35.6 Å². The molecule has 3 heteroatoms. The average Bonchev–Trinajstić information content (AvgIpc) is 2.70. The number of benzene rings is 1. The number of amides is 1. The van der Waals surface area contributed by atoms with Crippen molar-refractivity contribution in [2.45, 2.75) is 84.0 Å². The molecule has 1 unspecified atom stereocenters. The van der Waals surface area contributed by atoms with Crippen LogP contribution in [0, 0.1) is 23.6 Å². The van der Waals surface area contributed by atoms with Gasteiger partial charge in [0, 0.05) is 19.0 Å². The average molecular weight is 388 g/mol. The first kappa shape index (κ1) is 21.3. The van der Waals surface area contributed by atoms with E-state index in [-0.39, 0.29) is 11.7 Å². The Labute approximate surface area is 170 Å². The number of hydrogen-bond donors (Lipinski definition) is 0. The van der Waals surface area contributed by atoms with E-state index in [0.29, 0.717) is 5.91 Å². The summed E-state index contributed by atoms with van der Waals surface area (Å²) < 4.78 is 13.0. The highest BCUT2D eigenvalue weighted by Crippen LogP contribution is 2.31. The van der Waals surface area contributed by atoms with Crippen LogP contribution >= 0.6 is 0 Å². The lowest BCUT2D eigenvalue weighted by atomic mass is 9.83. The quantitative estimate of drug-likeness (QED) is 0.554. The predicted octanol–water partition coefficient (Wildman–Crippen LogP) is 6.38. The lowest BCUT2D eigenvalue weighted by Crippen LogP contribution is -2.42. The molecule has 1 saturated carbocycles. The molecule has 2 atom stereocenters. The standard InChI is InChI=1S/C25H38FNO/c1-2-20-6-3-4-9-23(13-10-20)25(28)27-18-16-22(17-19-27)8-5-7-21-11-14-24(26)15-12-21/h11-12,14-15,20,22-23H,2-10,13,16-19H2,1H3/t20?,23-/m1/s1. The summed E-state index contributed by atoms with van der Waals surface area (Å²) in [5.41, 5.74) is 1.23. The Bertz CT molecular complexity index is 591. The molecule has 2 fully saturated rings. The molecule has 2 nitrogen and oxygen atoms in total. The van der Waals surface area contributed by atoms with Crippen molar-refractivity contribution in [2.24, 2.45) is 17.8 Å². The molecule has 0 aromatic heterocycles. The fraction of sp³-hybridized carbons (Fsp3) is 0.720. The summed E-state index contributed by atoms with van der Waals surface area (Å²) in [5.74, 6) is 2.15. The molecular weight excluding hydrogens is 349 g/mol. The van der Waals surface area contributed by atoms with E-state index in [4.69, 9.17) is 0 Å². The summed E-state index contributed by atoms with van der Waals surface area (Å²) in [6.45, 7) is 4.20. The van der Waals surface area contributed by atoms with Crippen LogP contribution in [0.25, 0.3) is 0 Å². The van der Waals surface area contributed by atoms with E-state index in [9.17, 15) is 9.18 Å². The highest BCUT2D eigenvalue weighted by molar-refractivity contribution is 5.78. The maximum Gasteiger partial charge on any atom is 0.225 e. The zero-order valence-electron chi connectivity index (χ0n) is 17.7. The molecule has 1 aromatic carbocycles. The SMILES string of the molecule is CCC1CCCC[C@@H](C(=O)N2CCC(CCCc3ccc(F)cc3)CC2)CC1. The summed E-state index contributed by atoms with van der Waals surface area (Å²) in [4.78, 5) is 15.2. The second-order valence-electron chi connectivity index (χ2n) is 9.12. The number of rotatable bonds is 6. The minimum absolute atomic E-state index is 0.157. The molecule has 1 amide bonds. The van der Waals surface area contributed by atoms with Gasteiger partial charge in [-0.25, -0.2) is 4.39 Å². The van der Waals surface area contributed by atoms with Crippen LogP contribution in [-0.2, 0) is 11.2 Å². The van der Waals surface area contributed by atoms with Crippen molar-refractivity contribution in [1.82, 2.24) is 4.90 Å². The van der Waals surface area contributed by atoms with Gasteiger partial charge in [0.25, 0.3) is 0 Å². The van der Waals surface area contributed by atoms with Crippen molar-refractivity contribution in [3.8, 4) is 0 Å². The van der Waals surface area contributed by atoms with Crippen molar-refractivity contribution >= 4 is 5.91 Å². The number of aryl methyl sites for hydroxylation is 1. The number of carbonyl (C=O) groups excluding carboxylic acids is 1. The van der Waals surface area contributed by atoms with Gasteiger partial charge in [0.2, 0.25) is 5.91 Å². The van der Waals surface area contributed by atoms with Crippen molar-refractivity contribution in [1.29, 1.82) is 0 Å².